The summed E-state index contributed by atoms with van der Waals surface area (Å²) in [7, 11) is -4.73. The molecular formula is C6H11O9P. The molecule has 0 aromatic carbocycles. The lowest BCUT2D eigenvalue weighted by molar-refractivity contribution is -0.153. The van der Waals surface area contributed by atoms with E-state index in [1.165, 1.54) is 0 Å². The van der Waals surface area contributed by atoms with E-state index >= 15 is 0 Å². The van der Waals surface area contributed by atoms with Crippen LogP contribution >= 0.6 is 7.82 Å². The minimum Gasteiger partial charge on any atom is -0.479 e. The zero-order chi connectivity index (χ0) is 12.5. The molecule has 0 aliphatic carbocycles. The first kappa shape index (κ1) is 13.5. The Kier molecular flexibility index (Phi) is 4.02. The van der Waals surface area contributed by atoms with E-state index in [9.17, 15) is 19.6 Å². The number of carboxylic acids is 1. The number of carboxylic acid groups (broad SMARTS) is 1. The lowest BCUT2D eigenvalue weighted by atomic mass is 10.1. The van der Waals surface area contributed by atoms with Crippen LogP contribution in [0.3, 0.4) is 0 Å². The number of carbonyl (C=O) groups is 1. The van der Waals surface area contributed by atoms with Crippen molar-refractivity contribution in [2.24, 2.45) is 0 Å². The molecule has 1 rings (SSSR count). The highest BCUT2D eigenvalue weighted by atomic mass is 31.2. The quantitative estimate of drug-likeness (QED) is 0.349. The van der Waals surface area contributed by atoms with E-state index in [2.05, 4.69) is 9.26 Å². The maximum absolute atomic E-state index is 10.5. The maximum Gasteiger partial charge on any atom is 0.469 e. The Morgan fingerprint density at radius 3 is 2.25 bits per heavy atom. The number of aliphatic hydroxyl groups is 2. The number of phosphoric acid groups is 1. The van der Waals surface area contributed by atoms with Crippen molar-refractivity contribution in [1.82, 2.24) is 0 Å². The lowest BCUT2D eigenvalue weighted by Crippen LogP contribution is -2.36. The van der Waals surface area contributed by atoms with Crippen LogP contribution in [0.1, 0.15) is 0 Å². The van der Waals surface area contributed by atoms with Crippen molar-refractivity contribution in [2.75, 3.05) is 6.61 Å². The second kappa shape index (κ2) is 4.76. The highest BCUT2D eigenvalue weighted by Gasteiger charge is 2.47. The molecule has 0 aromatic rings. The van der Waals surface area contributed by atoms with Crippen molar-refractivity contribution in [3.8, 4) is 0 Å². The molecule has 5 N–H and O–H groups in total. The van der Waals surface area contributed by atoms with E-state index in [1.54, 1.807) is 0 Å². The van der Waals surface area contributed by atoms with Crippen LogP contribution in [-0.4, -0.2) is 62.1 Å². The summed E-state index contributed by atoms with van der Waals surface area (Å²) in [5.74, 6) is -1.48. The minimum atomic E-state index is -4.73. The maximum atomic E-state index is 10.5. The molecule has 1 heterocycles. The monoisotopic (exact) mass is 258 g/mol. The second-order valence-electron chi connectivity index (χ2n) is 3.20. The van der Waals surface area contributed by atoms with Gasteiger partial charge in [0, 0.05) is 0 Å². The van der Waals surface area contributed by atoms with Crippen molar-refractivity contribution in [3.63, 3.8) is 0 Å². The van der Waals surface area contributed by atoms with Crippen molar-refractivity contribution in [2.45, 2.75) is 24.4 Å². The molecule has 10 heteroatoms. The van der Waals surface area contributed by atoms with Gasteiger partial charge in [0.15, 0.2) is 6.10 Å². The van der Waals surface area contributed by atoms with Gasteiger partial charge in [0.1, 0.15) is 18.3 Å². The Balaban J connectivity index is 2.57. The molecule has 1 saturated heterocycles. The first-order valence-corrected chi connectivity index (χ1v) is 5.70. The van der Waals surface area contributed by atoms with Crippen molar-refractivity contribution in [3.05, 3.63) is 0 Å². The van der Waals surface area contributed by atoms with Crippen LogP contribution in [-0.2, 0) is 18.6 Å². The molecule has 1 fully saturated rings. The Labute approximate surface area is 89.5 Å². The summed E-state index contributed by atoms with van der Waals surface area (Å²) in [5, 5.41) is 27.1. The molecule has 4 atom stereocenters. The Morgan fingerprint density at radius 1 is 1.31 bits per heavy atom. The third kappa shape index (κ3) is 3.22. The van der Waals surface area contributed by atoms with Gasteiger partial charge in [-0.1, -0.05) is 0 Å². The van der Waals surface area contributed by atoms with Gasteiger partial charge in [-0.15, -0.1) is 0 Å². The third-order valence-electron chi connectivity index (χ3n) is 2.01. The molecule has 1 unspecified atom stereocenters. The molecule has 0 bridgehead atoms. The predicted octanol–water partition coefficient (Wildman–Crippen LogP) is -2.33. The molecular weight excluding hydrogens is 247 g/mol. The summed E-state index contributed by atoms with van der Waals surface area (Å²) in [5.41, 5.74) is 0. The lowest BCUT2D eigenvalue weighted by Gasteiger charge is -2.14. The Bertz CT molecular complexity index is 311. The average molecular weight is 258 g/mol. The number of hydrogen-bond donors (Lipinski definition) is 5. The topological polar surface area (TPSA) is 154 Å². The number of phosphoric ester groups is 1. The van der Waals surface area contributed by atoms with Gasteiger partial charge in [0.2, 0.25) is 0 Å². The summed E-state index contributed by atoms with van der Waals surface area (Å²) >= 11 is 0. The first-order valence-electron chi connectivity index (χ1n) is 4.17. The molecule has 0 aromatic heterocycles. The van der Waals surface area contributed by atoms with E-state index in [0.29, 0.717) is 0 Å². The summed E-state index contributed by atoms with van der Waals surface area (Å²) in [4.78, 5) is 27.3. The summed E-state index contributed by atoms with van der Waals surface area (Å²) in [6, 6.07) is 0. The number of ether oxygens (including phenoxy) is 1. The average Bonchev–Trinajstić information content (AvgIpc) is 2.40. The van der Waals surface area contributed by atoms with Gasteiger partial charge in [-0.2, -0.15) is 0 Å². The Morgan fingerprint density at radius 2 is 1.88 bits per heavy atom. The molecule has 9 nitrogen and oxygen atoms in total. The normalized spacial score (nSPS) is 35.2. The molecule has 0 saturated carbocycles. The highest BCUT2D eigenvalue weighted by Crippen LogP contribution is 2.37. The molecule has 0 radical (unpaired) electrons. The van der Waals surface area contributed by atoms with Crippen LogP contribution in [0.2, 0.25) is 0 Å². The molecule has 0 spiro atoms. The predicted molar refractivity (Wildman–Crippen MR) is 46.3 cm³/mol. The summed E-state index contributed by atoms with van der Waals surface area (Å²) in [6.45, 7) is -0.716. The SMILES string of the molecule is O=C(O)C1O[C@H](COP(=O)(O)O)[C@@H](O)[C@H]1O. The van der Waals surface area contributed by atoms with Gasteiger partial charge in [0.25, 0.3) is 0 Å². The largest absolute Gasteiger partial charge is 0.479 e. The van der Waals surface area contributed by atoms with Crippen molar-refractivity contribution >= 4 is 13.8 Å². The number of aliphatic carboxylic acids is 1. The zero-order valence-corrected chi connectivity index (χ0v) is 8.73. The van der Waals surface area contributed by atoms with Crippen molar-refractivity contribution in [1.29, 1.82) is 0 Å². The highest BCUT2D eigenvalue weighted by molar-refractivity contribution is 7.46. The van der Waals surface area contributed by atoms with Crippen LogP contribution in [0.15, 0.2) is 0 Å². The molecule has 1 aliphatic rings. The molecule has 16 heavy (non-hydrogen) atoms. The standard InChI is InChI=1S/C6H11O9P/c7-3-2(1-14-16(11,12)13)15-5(4(3)8)6(9)10/h2-5,7-8H,1H2,(H,9,10)(H2,11,12,13)/t2-,3-,4-,5?/m1/s1. The fourth-order valence-electron chi connectivity index (χ4n) is 1.26. The number of rotatable bonds is 4. The third-order valence-corrected chi connectivity index (χ3v) is 2.50. The van der Waals surface area contributed by atoms with Gasteiger partial charge in [-0.3, -0.25) is 4.52 Å². The van der Waals surface area contributed by atoms with E-state index in [-0.39, 0.29) is 0 Å². The Hall–Kier alpha value is -0.540. The van der Waals surface area contributed by atoms with Gasteiger partial charge in [-0.05, 0) is 0 Å². The fraction of sp³-hybridized carbons (Fsp3) is 0.833. The second-order valence-corrected chi connectivity index (χ2v) is 4.44. The van der Waals surface area contributed by atoms with E-state index in [0.717, 1.165) is 0 Å². The van der Waals surface area contributed by atoms with Crippen LogP contribution in [0.4, 0.5) is 0 Å². The van der Waals surface area contributed by atoms with Gasteiger partial charge < -0.3 is 29.8 Å². The van der Waals surface area contributed by atoms with E-state index in [4.69, 9.17) is 14.9 Å². The van der Waals surface area contributed by atoms with Gasteiger partial charge >= 0.3 is 13.8 Å². The molecule has 1 aliphatic heterocycles. The van der Waals surface area contributed by atoms with Crippen LogP contribution in [0.5, 0.6) is 0 Å². The molecule has 0 amide bonds. The van der Waals surface area contributed by atoms with Crippen LogP contribution in [0, 0.1) is 0 Å². The number of hydrogen-bond acceptors (Lipinski definition) is 6. The first-order chi connectivity index (χ1) is 7.22. The van der Waals surface area contributed by atoms with Crippen LogP contribution < -0.4 is 0 Å². The van der Waals surface area contributed by atoms with Crippen LogP contribution in [0.25, 0.3) is 0 Å². The zero-order valence-electron chi connectivity index (χ0n) is 7.83. The van der Waals surface area contributed by atoms with E-state index < -0.39 is 44.8 Å². The van der Waals surface area contributed by atoms with Gasteiger partial charge in [0.05, 0.1) is 6.61 Å². The fourth-order valence-corrected chi connectivity index (χ4v) is 1.60. The summed E-state index contributed by atoms with van der Waals surface area (Å²) in [6.07, 6.45) is -6.18. The number of aliphatic hydroxyl groups excluding tert-OH is 2. The smallest absolute Gasteiger partial charge is 0.469 e. The molecule has 94 valence electrons. The van der Waals surface area contributed by atoms with Crippen molar-refractivity contribution < 1.29 is 43.7 Å². The minimum absolute atomic E-state index is 0.716. The van der Waals surface area contributed by atoms with Gasteiger partial charge in [-0.25, -0.2) is 9.36 Å². The van der Waals surface area contributed by atoms with E-state index in [1.807, 2.05) is 0 Å². The summed E-state index contributed by atoms with van der Waals surface area (Å²) < 4.78 is 19.1.